The Kier molecular flexibility index (Phi) is 4.22. The van der Waals surface area contributed by atoms with Gasteiger partial charge in [0.25, 0.3) is 0 Å². The lowest BCUT2D eigenvalue weighted by Crippen LogP contribution is -2.47. The van der Waals surface area contributed by atoms with E-state index < -0.39 is 24.1 Å². The molecule has 0 saturated carbocycles. The van der Waals surface area contributed by atoms with Crippen molar-refractivity contribution in [1.29, 1.82) is 0 Å². The minimum Gasteiger partial charge on any atom is -0.480 e. The number of rotatable bonds is 4. The summed E-state index contributed by atoms with van der Waals surface area (Å²) in [6, 6.07) is -1.69. The minimum absolute atomic E-state index is 0.238. The number of halogens is 3. The molecule has 18 heavy (non-hydrogen) atoms. The number of nitrogens with one attached hydrogen (secondary N) is 1. The van der Waals surface area contributed by atoms with Crippen molar-refractivity contribution < 1.29 is 27.9 Å². The van der Waals surface area contributed by atoms with Crippen molar-refractivity contribution in [3.63, 3.8) is 0 Å². The number of nitrogens with zero attached hydrogens (tertiary/aromatic N) is 2. The molecular formula is C8H8F3N3O3S. The standard InChI is InChI=1S/C8H8F3N3O3S/c1-3-13-14-5(18-3)2-4(6(15)16)12-7(17)8(9,10)11/h4H,2H2,1H3,(H,12,17)(H,15,16). The lowest BCUT2D eigenvalue weighted by Gasteiger charge is -2.14. The molecule has 1 aromatic rings. The second kappa shape index (κ2) is 5.29. The Hall–Kier alpha value is -1.71. The van der Waals surface area contributed by atoms with Crippen LogP contribution in [0.2, 0.25) is 0 Å². The maximum absolute atomic E-state index is 12.0. The highest BCUT2D eigenvalue weighted by atomic mass is 32.1. The summed E-state index contributed by atoms with van der Waals surface area (Å²) in [6.07, 6.45) is -5.46. The molecule has 0 aliphatic carbocycles. The van der Waals surface area contributed by atoms with Gasteiger partial charge in [-0.25, -0.2) is 4.79 Å². The molecule has 0 saturated heterocycles. The molecule has 0 spiro atoms. The van der Waals surface area contributed by atoms with Crippen LogP contribution in [-0.2, 0) is 16.0 Å². The molecule has 0 bridgehead atoms. The molecule has 1 rings (SSSR count). The number of aromatic nitrogens is 2. The number of hydrogen-bond acceptors (Lipinski definition) is 5. The summed E-state index contributed by atoms with van der Waals surface area (Å²) in [6.45, 7) is 1.62. The number of carboxylic acid groups (broad SMARTS) is 1. The molecule has 0 radical (unpaired) electrons. The van der Waals surface area contributed by atoms with Crippen molar-refractivity contribution in [3.05, 3.63) is 10.0 Å². The smallest absolute Gasteiger partial charge is 0.471 e. The van der Waals surface area contributed by atoms with Gasteiger partial charge in [-0.1, -0.05) is 0 Å². The third-order valence-electron chi connectivity index (χ3n) is 1.81. The summed E-state index contributed by atoms with van der Waals surface area (Å²) in [4.78, 5) is 21.4. The van der Waals surface area contributed by atoms with E-state index in [9.17, 15) is 22.8 Å². The molecule has 1 amide bonds. The first-order valence-electron chi connectivity index (χ1n) is 4.59. The van der Waals surface area contributed by atoms with Gasteiger partial charge in [0.2, 0.25) is 0 Å². The van der Waals surface area contributed by atoms with Crippen molar-refractivity contribution in [2.45, 2.75) is 25.6 Å². The highest BCUT2D eigenvalue weighted by molar-refractivity contribution is 7.11. The molecule has 1 aromatic heterocycles. The second-order valence-corrected chi connectivity index (χ2v) is 4.55. The topological polar surface area (TPSA) is 92.2 Å². The molecule has 1 heterocycles. The van der Waals surface area contributed by atoms with Crippen LogP contribution in [0.25, 0.3) is 0 Å². The van der Waals surface area contributed by atoms with Crippen LogP contribution in [0.5, 0.6) is 0 Å². The fraction of sp³-hybridized carbons (Fsp3) is 0.500. The third-order valence-corrected chi connectivity index (χ3v) is 2.67. The van der Waals surface area contributed by atoms with Gasteiger partial charge in [0.1, 0.15) is 16.1 Å². The van der Waals surface area contributed by atoms with Gasteiger partial charge in [0.15, 0.2) is 0 Å². The van der Waals surface area contributed by atoms with Crippen LogP contribution in [0.1, 0.15) is 10.0 Å². The first-order chi connectivity index (χ1) is 8.20. The van der Waals surface area contributed by atoms with E-state index in [4.69, 9.17) is 5.11 Å². The summed E-state index contributed by atoms with van der Waals surface area (Å²) in [7, 11) is 0. The number of amides is 1. The zero-order valence-corrected chi connectivity index (χ0v) is 9.80. The Balaban J connectivity index is 2.73. The molecular weight excluding hydrogens is 275 g/mol. The van der Waals surface area contributed by atoms with E-state index in [2.05, 4.69) is 10.2 Å². The number of aryl methyl sites for hydroxylation is 1. The van der Waals surface area contributed by atoms with Gasteiger partial charge in [0, 0.05) is 6.42 Å². The maximum atomic E-state index is 12.0. The first kappa shape index (κ1) is 14.4. The van der Waals surface area contributed by atoms with Gasteiger partial charge in [0.05, 0.1) is 0 Å². The molecule has 0 fully saturated rings. The summed E-state index contributed by atoms with van der Waals surface area (Å²) < 4.78 is 36.0. The molecule has 6 nitrogen and oxygen atoms in total. The molecule has 10 heteroatoms. The van der Waals surface area contributed by atoms with Crippen LogP contribution in [-0.4, -0.2) is 39.4 Å². The average molecular weight is 283 g/mol. The number of alkyl halides is 3. The number of carbonyl (C=O) groups excluding carboxylic acids is 1. The highest BCUT2D eigenvalue weighted by Crippen LogP contribution is 2.16. The van der Waals surface area contributed by atoms with Gasteiger partial charge in [-0.05, 0) is 6.92 Å². The van der Waals surface area contributed by atoms with Gasteiger partial charge in [-0.2, -0.15) is 13.2 Å². The van der Waals surface area contributed by atoms with E-state index in [0.29, 0.717) is 5.01 Å². The predicted octanol–water partition coefficient (Wildman–Crippen LogP) is 0.521. The molecule has 0 aromatic carbocycles. The van der Waals surface area contributed by atoms with E-state index >= 15 is 0 Å². The van der Waals surface area contributed by atoms with Crippen LogP contribution < -0.4 is 5.32 Å². The third kappa shape index (κ3) is 3.95. The van der Waals surface area contributed by atoms with E-state index in [1.807, 2.05) is 0 Å². The number of aliphatic carboxylic acids is 1. The number of carbonyl (C=O) groups is 2. The molecule has 100 valence electrons. The fourth-order valence-corrected chi connectivity index (χ4v) is 1.79. The zero-order valence-electron chi connectivity index (χ0n) is 8.98. The maximum Gasteiger partial charge on any atom is 0.471 e. The summed E-state index contributed by atoms with van der Waals surface area (Å²) in [5.74, 6) is -3.86. The van der Waals surface area contributed by atoms with Crippen molar-refractivity contribution in [1.82, 2.24) is 15.5 Å². The van der Waals surface area contributed by atoms with E-state index in [1.165, 1.54) is 5.32 Å². The Morgan fingerprint density at radius 3 is 2.44 bits per heavy atom. The van der Waals surface area contributed by atoms with Crippen LogP contribution >= 0.6 is 11.3 Å². The van der Waals surface area contributed by atoms with Crippen LogP contribution in [0.15, 0.2) is 0 Å². The highest BCUT2D eigenvalue weighted by Gasteiger charge is 2.41. The monoisotopic (exact) mass is 283 g/mol. The molecule has 0 aliphatic heterocycles. The van der Waals surface area contributed by atoms with Gasteiger partial charge in [-0.3, -0.25) is 4.79 Å². The Morgan fingerprint density at radius 1 is 1.44 bits per heavy atom. The number of carboxylic acids is 1. The average Bonchev–Trinajstić information content (AvgIpc) is 2.61. The molecule has 0 aliphatic rings. The quantitative estimate of drug-likeness (QED) is 0.840. The van der Waals surface area contributed by atoms with E-state index in [-0.39, 0.29) is 11.4 Å². The van der Waals surface area contributed by atoms with Crippen molar-refractivity contribution >= 4 is 23.2 Å². The SMILES string of the molecule is Cc1nnc(CC(NC(=O)C(F)(F)F)C(=O)O)s1. The first-order valence-corrected chi connectivity index (χ1v) is 5.41. The Labute approximate surface area is 103 Å². The van der Waals surface area contributed by atoms with Crippen molar-refractivity contribution in [2.24, 2.45) is 0 Å². The van der Waals surface area contributed by atoms with Crippen molar-refractivity contribution in [3.8, 4) is 0 Å². The number of hydrogen-bond donors (Lipinski definition) is 2. The van der Waals surface area contributed by atoms with Gasteiger partial charge >= 0.3 is 18.1 Å². The van der Waals surface area contributed by atoms with Gasteiger partial charge in [-0.15, -0.1) is 21.5 Å². The van der Waals surface area contributed by atoms with Gasteiger partial charge < -0.3 is 10.4 Å². The zero-order chi connectivity index (χ0) is 13.9. The summed E-state index contributed by atoms with van der Waals surface area (Å²) >= 11 is 1.05. The van der Waals surface area contributed by atoms with Crippen LogP contribution in [0.3, 0.4) is 0 Å². The Morgan fingerprint density at radius 2 is 2.06 bits per heavy atom. The minimum atomic E-state index is -5.12. The van der Waals surface area contributed by atoms with E-state index in [1.54, 1.807) is 6.92 Å². The fourth-order valence-electron chi connectivity index (χ4n) is 1.03. The van der Waals surface area contributed by atoms with E-state index in [0.717, 1.165) is 11.3 Å². The largest absolute Gasteiger partial charge is 0.480 e. The molecule has 1 unspecified atom stereocenters. The normalized spacial score (nSPS) is 13.1. The lowest BCUT2D eigenvalue weighted by atomic mass is 10.2. The van der Waals surface area contributed by atoms with Crippen LogP contribution in [0.4, 0.5) is 13.2 Å². The van der Waals surface area contributed by atoms with Crippen molar-refractivity contribution in [2.75, 3.05) is 0 Å². The molecule has 2 N–H and O–H groups in total. The lowest BCUT2D eigenvalue weighted by molar-refractivity contribution is -0.175. The van der Waals surface area contributed by atoms with Crippen LogP contribution in [0, 0.1) is 6.92 Å². The summed E-state index contributed by atoms with van der Waals surface area (Å²) in [5, 5.41) is 18.1. The predicted molar refractivity (Wildman–Crippen MR) is 54.0 cm³/mol. The molecule has 1 atom stereocenters. The second-order valence-electron chi connectivity index (χ2n) is 3.28. The Bertz CT molecular complexity index is 460. The summed E-state index contributed by atoms with van der Waals surface area (Å²) in [5.41, 5.74) is 0.